The molecule has 1 N–H and O–H groups in total. The summed E-state index contributed by atoms with van der Waals surface area (Å²) in [7, 11) is -2.14. The topological polar surface area (TPSA) is 84.3 Å². The first-order valence-corrected chi connectivity index (χ1v) is 11.5. The Morgan fingerprint density at radius 2 is 1.73 bits per heavy atom. The lowest BCUT2D eigenvalue weighted by molar-refractivity contribution is -0.137. The Morgan fingerprint density at radius 3 is 2.33 bits per heavy atom. The van der Waals surface area contributed by atoms with Crippen molar-refractivity contribution in [3.05, 3.63) is 83.8 Å². The smallest absolute Gasteiger partial charge is 0.345 e. The van der Waals surface area contributed by atoms with Crippen molar-refractivity contribution in [1.29, 1.82) is 0 Å². The van der Waals surface area contributed by atoms with Crippen LogP contribution in [0.25, 0.3) is 0 Å². The number of rotatable bonds is 6. The maximum atomic E-state index is 13.4. The first kappa shape index (κ1) is 23.0. The van der Waals surface area contributed by atoms with Gasteiger partial charge in [-0.25, -0.2) is 13.4 Å². The van der Waals surface area contributed by atoms with E-state index in [0.29, 0.717) is 5.56 Å². The zero-order chi connectivity index (χ0) is 23.8. The van der Waals surface area contributed by atoms with Gasteiger partial charge in [0, 0.05) is 32.3 Å². The number of alkyl halides is 3. The van der Waals surface area contributed by atoms with E-state index in [9.17, 15) is 26.4 Å². The van der Waals surface area contributed by atoms with Gasteiger partial charge < -0.3 is 9.88 Å². The molecule has 1 saturated heterocycles. The van der Waals surface area contributed by atoms with Crippen LogP contribution in [0.5, 0.6) is 0 Å². The second kappa shape index (κ2) is 8.64. The van der Waals surface area contributed by atoms with Crippen LogP contribution in [0.3, 0.4) is 0 Å². The van der Waals surface area contributed by atoms with Crippen LogP contribution in [0.2, 0.25) is 0 Å². The van der Waals surface area contributed by atoms with Crippen molar-refractivity contribution in [2.75, 3.05) is 13.1 Å². The van der Waals surface area contributed by atoms with E-state index in [2.05, 4.69) is 10.3 Å². The molecule has 0 radical (unpaired) electrons. The number of imidazole rings is 1. The monoisotopic (exact) mass is 478 g/mol. The molecule has 1 atom stereocenters. The van der Waals surface area contributed by atoms with Crippen molar-refractivity contribution in [3.63, 3.8) is 0 Å². The minimum Gasteiger partial charge on any atom is -0.345 e. The van der Waals surface area contributed by atoms with Gasteiger partial charge in [0.2, 0.25) is 0 Å². The van der Waals surface area contributed by atoms with Crippen LogP contribution in [-0.4, -0.2) is 41.3 Å². The number of aryl methyl sites for hydroxylation is 1. The highest BCUT2D eigenvalue weighted by Gasteiger charge is 2.43. The zero-order valence-corrected chi connectivity index (χ0v) is 18.3. The Morgan fingerprint density at radius 1 is 1.09 bits per heavy atom. The van der Waals surface area contributed by atoms with Gasteiger partial charge in [-0.2, -0.15) is 17.5 Å². The maximum Gasteiger partial charge on any atom is 0.417 e. The number of nitrogens with one attached hydrogen (secondary N) is 1. The predicted octanol–water partition coefficient (Wildman–Crippen LogP) is 3.23. The standard InChI is InChI=1S/C22H21F3N4O3S/c1-28-13-19(26-14-28)33(31,32)29-11-16(12-29)20(15-7-3-2-4-8-15)27-21(30)17-9-5-6-10-18(17)22(23,24)25/h2-10,13-14,16,20H,11-12H2,1H3,(H,27,30). The van der Waals surface area contributed by atoms with Gasteiger partial charge in [-0.1, -0.05) is 42.5 Å². The quantitative estimate of drug-likeness (QED) is 0.590. The molecule has 2 aromatic carbocycles. The lowest BCUT2D eigenvalue weighted by Crippen LogP contribution is -2.55. The van der Waals surface area contributed by atoms with Crippen LogP contribution in [0, 0.1) is 5.92 Å². The molecule has 1 aromatic heterocycles. The molecule has 1 aliphatic rings. The lowest BCUT2D eigenvalue weighted by Gasteiger charge is -2.42. The summed E-state index contributed by atoms with van der Waals surface area (Å²) in [4.78, 5) is 16.8. The van der Waals surface area contributed by atoms with Crippen molar-refractivity contribution < 1.29 is 26.4 Å². The third-order valence-corrected chi connectivity index (χ3v) is 7.27. The summed E-state index contributed by atoms with van der Waals surface area (Å²) >= 11 is 0. The molecule has 1 aliphatic heterocycles. The Bertz CT molecular complexity index is 1250. The number of hydrogen-bond acceptors (Lipinski definition) is 4. The van der Waals surface area contributed by atoms with E-state index in [1.165, 1.54) is 33.5 Å². The van der Waals surface area contributed by atoms with Crippen molar-refractivity contribution in [1.82, 2.24) is 19.2 Å². The second-order valence-corrected chi connectivity index (χ2v) is 9.75. The van der Waals surface area contributed by atoms with Gasteiger partial charge >= 0.3 is 6.18 Å². The third kappa shape index (κ3) is 4.64. The van der Waals surface area contributed by atoms with Crippen LogP contribution in [0.15, 0.2) is 72.1 Å². The minimum atomic E-state index is -4.68. The molecule has 0 spiro atoms. The Labute approximate surface area is 188 Å². The number of sulfonamides is 1. The number of aromatic nitrogens is 2. The molecule has 0 aliphatic carbocycles. The summed E-state index contributed by atoms with van der Waals surface area (Å²) in [5.74, 6) is -1.20. The minimum absolute atomic E-state index is 0.0807. The summed E-state index contributed by atoms with van der Waals surface area (Å²) in [5.41, 5.74) is -0.833. The van der Waals surface area contributed by atoms with Gasteiger partial charge in [0.15, 0.2) is 5.03 Å². The highest BCUT2D eigenvalue weighted by Crippen LogP contribution is 2.35. The lowest BCUT2D eigenvalue weighted by atomic mass is 9.88. The molecule has 11 heteroatoms. The van der Waals surface area contributed by atoms with E-state index in [4.69, 9.17) is 0 Å². The van der Waals surface area contributed by atoms with Crippen molar-refractivity contribution in [2.45, 2.75) is 17.2 Å². The van der Waals surface area contributed by atoms with Gasteiger partial charge in [0.05, 0.1) is 23.5 Å². The van der Waals surface area contributed by atoms with Gasteiger partial charge in [-0.15, -0.1) is 0 Å². The molecule has 33 heavy (non-hydrogen) atoms. The largest absolute Gasteiger partial charge is 0.417 e. The Balaban J connectivity index is 1.57. The predicted molar refractivity (Wildman–Crippen MR) is 114 cm³/mol. The summed E-state index contributed by atoms with van der Waals surface area (Å²) in [6, 6.07) is 12.7. The fraction of sp³-hybridized carbons (Fsp3) is 0.273. The summed E-state index contributed by atoms with van der Waals surface area (Å²) in [6.45, 7) is 0.194. The average molecular weight is 478 g/mol. The van der Waals surface area contributed by atoms with E-state index in [-0.39, 0.29) is 24.0 Å². The van der Waals surface area contributed by atoms with E-state index in [1.54, 1.807) is 37.4 Å². The van der Waals surface area contributed by atoms with Gasteiger partial charge in [0.25, 0.3) is 15.9 Å². The first-order chi connectivity index (χ1) is 15.6. The van der Waals surface area contributed by atoms with E-state index >= 15 is 0 Å². The number of carbonyl (C=O) groups excluding carboxylic acids is 1. The highest BCUT2D eigenvalue weighted by molar-refractivity contribution is 7.89. The molecular weight excluding hydrogens is 457 g/mol. The van der Waals surface area contributed by atoms with Crippen LogP contribution in [-0.2, 0) is 23.2 Å². The van der Waals surface area contributed by atoms with Gasteiger partial charge in [0.1, 0.15) is 0 Å². The molecule has 2 heterocycles. The van der Waals surface area contributed by atoms with Crippen LogP contribution in [0.1, 0.15) is 27.5 Å². The summed E-state index contributed by atoms with van der Waals surface area (Å²) in [5, 5.41) is 2.62. The van der Waals surface area contributed by atoms with E-state index < -0.39 is 39.3 Å². The number of hydrogen-bond donors (Lipinski definition) is 1. The molecule has 1 unspecified atom stereocenters. The summed E-state index contributed by atoms with van der Waals surface area (Å²) < 4.78 is 68.5. The number of amides is 1. The highest BCUT2D eigenvalue weighted by atomic mass is 32.2. The molecule has 4 rings (SSSR count). The molecule has 3 aromatic rings. The SMILES string of the molecule is Cn1cnc(S(=O)(=O)N2CC(C(NC(=O)c3ccccc3C(F)(F)F)c3ccccc3)C2)c1. The third-order valence-electron chi connectivity index (χ3n) is 5.56. The molecule has 7 nitrogen and oxygen atoms in total. The fourth-order valence-corrected chi connectivity index (χ4v) is 5.33. The zero-order valence-electron chi connectivity index (χ0n) is 17.5. The van der Waals surface area contributed by atoms with E-state index in [0.717, 1.165) is 12.1 Å². The number of halogens is 3. The van der Waals surface area contributed by atoms with Crippen molar-refractivity contribution in [3.8, 4) is 0 Å². The van der Waals surface area contributed by atoms with Crippen molar-refractivity contribution >= 4 is 15.9 Å². The molecule has 174 valence electrons. The first-order valence-electron chi connectivity index (χ1n) is 10.1. The molecule has 0 saturated carbocycles. The second-order valence-electron chi connectivity index (χ2n) is 7.86. The van der Waals surface area contributed by atoms with E-state index in [1.807, 2.05) is 0 Å². The molecule has 0 bridgehead atoms. The number of carbonyl (C=O) groups is 1. The van der Waals surface area contributed by atoms with Gasteiger partial charge in [-0.05, 0) is 17.7 Å². The Hall–Kier alpha value is -3.18. The normalized spacial score (nSPS) is 16.2. The number of benzene rings is 2. The average Bonchev–Trinajstić information content (AvgIpc) is 3.19. The van der Waals surface area contributed by atoms with Crippen LogP contribution < -0.4 is 5.32 Å². The molecule has 1 amide bonds. The molecule has 1 fully saturated rings. The van der Waals surface area contributed by atoms with Crippen LogP contribution >= 0.6 is 0 Å². The van der Waals surface area contributed by atoms with Crippen molar-refractivity contribution in [2.24, 2.45) is 13.0 Å². The fourth-order valence-electron chi connectivity index (χ4n) is 3.81. The maximum absolute atomic E-state index is 13.4. The molecular formula is C22H21F3N4O3S. The van der Waals surface area contributed by atoms with Gasteiger partial charge in [-0.3, -0.25) is 4.79 Å². The number of nitrogens with zero attached hydrogens (tertiary/aromatic N) is 3. The summed E-state index contributed by atoms with van der Waals surface area (Å²) in [6.07, 6.45) is -1.90. The Kier molecular flexibility index (Phi) is 6.02. The van der Waals surface area contributed by atoms with Crippen LogP contribution in [0.4, 0.5) is 13.2 Å².